The first-order chi connectivity index (χ1) is 11.9. The van der Waals surface area contributed by atoms with Gasteiger partial charge in [0.1, 0.15) is 11.3 Å². The van der Waals surface area contributed by atoms with E-state index in [4.69, 9.17) is 4.42 Å². The minimum Gasteiger partial charge on any atom is -0.507 e. The van der Waals surface area contributed by atoms with Crippen molar-refractivity contribution in [1.29, 1.82) is 0 Å². The fraction of sp³-hybridized carbons (Fsp3) is 0.200. The molecule has 1 heterocycles. The van der Waals surface area contributed by atoms with Crippen LogP contribution in [0.25, 0.3) is 11.0 Å². The third-order valence-corrected chi connectivity index (χ3v) is 4.21. The second kappa shape index (κ2) is 6.43. The van der Waals surface area contributed by atoms with Gasteiger partial charge in [0, 0.05) is 22.6 Å². The van der Waals surface area contributed by atoms with Crippen molar-refractivity contribution in [3.63, 3.8) is 0 Å². The van der Waals surface area contributed by atoms with E-state index in [1.54, 1.807) is 13.0 Å². The summed E-state index contributed by atoms with van der Waals surface area (Å²) in [5, 5.41) is 15.7. The number of nitrogens with one attached hydrogen (secondary N) is 1. The maximum atomic E-state index is 11.6. The largest absolute Gasteiger partial charge is 0.507 e. The molecule has 0 aliphatic heterocycles. The molecule has 3 aromatic rings. The third kappa shape index (κ3) is 3.26. The van der Waals surface area contributed by atoms with Crippen LogP contribution in [0.1, 0.15) is 29.2 Å². The van der Waals surface area contributed by atoms with Crippen molar-refractivity contribution in [3.8, 4) is 5.75 Å². The summed E-state index contributed by atoms with van der Waals surface area (Å²) < 4.78 is 5.26. The topological polar surface area (TPSA) is 74.8 Å². The van der Waals surface area contributed by atoms with E-state index >= 15 is 0 Å². The van der Waals surface area contributed by atoms with Crippen molar-refractivity contribution in [1.82, 2.24) is 0 Å². The Labute approximate surface area is 145 Å². The van der Waals surface area contributed by atoms with Crippen LogP contribution < -0.4 is 11.1 Å². The molecule has 5 nitrogen and oxygen atoms in total. The van der Waals surface area contributed by atoms with Gasteiger partial charge in [-0.05, 0) is 57.0 Å². The number of aromatic hydroxyl groups is 1. The molecule has 0 saturated carbocycles. The van der Waals surface area contributed by atoms with Gasteiger partial charge in [0.25, 0.3) is 0 Å². The molecular formula is C20H20N2O3. The van der Waals surface area contributed by atoms with Gasteiger partial charge in [0.2, 0.25) is 0 Å². The Morgan fingerprint density at radius 2 is 1.92 bits per heavy atom. The standard InChI is InChI=1S/C20H20N2O3/c1-11-6-5-7-15(8-11)22-21-14(4)17-10-16-12(2)9-18(23)25-20(16)13(3)19(17)24/h5-10,22,24H,1-4H3. The maximum Gasteiger partial charge on any atom is 0.336 e. The molecule has 0 atom stereocenters. The SMILES string of the molecule is CC(=NNc1cccc(C)c1)c1cc2c(C)cc(=O)oc2c(C)c1O. The summed E-state index contributed by atoms with van der Waals surface area (Å²) in [4.78, 5) is 11.6. The van der Waals surface area contributed by atoms with E-state index in [0.717, 1.165) is 22.2 Å². The molecule has 0 unspecified atom stereocenters. The Morgan fingerprint density at radius 3 is 2.64 bits per heavy atom. The molecule has 0 aliphatic carbocycles. The molecule has 0 fully saturated rings. The molecule has 128 valence electrons. The Morgan fingerprint density at radius 1 is 1.16 bits per heavy atom. The van der Waals surface area contributed by atoms with Crippen LogP contribution in [0.4, 0.5) is 5.69 Å². The molecule has 3 rings (SSSR count). The fourth-order valence-electron chi connectivity index (χ4n) is 2.80. The lowest BCUT2D eigenvalue weighted by Crippen LogP contribution is -2.04. The highest BCUT2D eigenvalue weighted by Crippen LogP contribution is 2.32. The van der Waals surface area contributed by atoms with Gasteiger partial charge in [-0.2, -0.15) is 5.10 Å². The lowest BCUT2D eigenvalue weighted by molar-refractivity contribution is 0.467. The number of hydrogen-bond acceptors (Lipinski definition) is 5. The van der Waals surface area contributed by atoms with Crippen molar-refractivity contribution in [3.05, 3.63) is 69.1 Å². The van der Waals surface area contributed by atoms with E-state index in [2.05, 4.69) is 10.5 Å². The van der Waals surface area contributed by atoms with E-state index < -0.39 is 5.63 Å². The number of hydrogen-bond donors (Lipinski definition) is 2. The summed E-state index contributed by atoms with van der Waals surface area (Å²) in [5.41, 5.74) is 7.56. The van der Waals surface area contributed by atoms with Crippen LogP contribution in [0.3, 0.4) is 0 Å². The van der Waals surface area contributed by atoms with Crippen molar-refractivity contribution in [2.24, 2.45) is 5.10 Å². The van der Waals surface area contributed by atoms with E-state index in [1.165, 1.54) is 6.07 Å². The van der Waals surface area contributed by atoms with Crippen LogP contribution in [0, 0.1) is 20.8 Å². The molecule has 0 bridgehead atoms. The van der Waals surface area contributed by atoms with E-state index in [0.29, 0.717) is 22.4 Å². The van der Waals surface area contributed by atoms with Crippen LogP contribution in [0.5, 0.6) is 5.75 Å². The number of hydrazone groups is 1. The molecule has 25 heavy (non-hydrogen) atoms. The number of phenols is 1. The number of anilines is 1. The van der Waals surface area contributed by atoms with Crippen molar-refractivity contribution >= 4 is 22.4 Å². The van der Waals surface area contributed by atoms with Gasteiger partial charge in [-0.15, -0.1) is 0 Å². The number of phenolic OH excluding ortho intramolecular Hbond substituents is 1. The lowest BCUT2D eigenvalue weighted by Gasteiger charge is -2.11. The van der Waals surface area contributed by atoms with Gasteiger partial charge in [-0.25, -0.2) is 4.79 Å². The van der Waals surface area contributed by atoms with Crippen molar-refractivity contribution in [2.75, 3.05) is 5.43 Å². The van der Waals surface area contributed by atoms with Crippen LogP contribution in [0.15, 0.2) is 50.7 Å². The fourth-order valence-corrected chi connectivity index (χ4v) is 2.80. The van der Waals surface area contributed by atoms with Gasteiger partial charge in [0.15, 0.2) is 0 Å². The van der Waals surface area contributed by atoms with Crippen LogP contribution in [-0.2, 0) is 0 Å². The highest BCUT2D eigenvalue weighted by Gasteiger charge is 2.15. The summed E-state index contributed by atoms with van der Waals surface area (Å²) in [6.07, 6.45) is 0. The summed E-state index contributed by atoms with van der Waals surface area (Å²) in [5.74, 6) is 0.0635. The van der Waals surface area contributed by atoms with Gasteiger partial charge in [0.05, 0.1) is 11.4 Å². The van der Waals surface area contributed by atoms with Crippen LogP contribution in [-0.4, -0.2) is 10.8 Å². The Kier molecular flexibility index (Phi) is 4.31. The predicted molar refractivity (Wildman–Crippen MR) is 101 cm³/mol. The predicted octanol–water partition coefficient (Wildman–Crippen LogP) is 4.26. The molecular weight excluding hydrogens is 316 g/mol. The maximum absolute atomic E-state index is 11.6. The van der Waals surface area contributed by atoms with Gasteiger partial charge in [-0.3, -0.25) is 5.43 Å². The average molecular weight is 336 g/mol. The molecule has 0 saturated heterocycles. The first-order valence-electron chi connectivity index (χ1n) is 8.01. The number of aryl methyl sites for hydroxylation is 3. The molecule has 0 amide bonds. The van der Waals surface area contributed by atoms with E-state index in [1.807, 2.05) is 45.0 Å². The highest BCUT2D eigenvalue weighted by molar-refractivity contribution is 6.05. The number of benzene rings is 2. The quantitative estimate of drug-likeness (QED) is 0.426. The monoisotopic (exact) mass is 336 g/mol. The van der Waals surface area contributed by atoms with Gasteiger partial charge in [-0.1, -0.05) is 12.1 Å². The van der Waals surface area contributed by atoms with E-state index in [9.17, 15) is 9.90 Å². The summed E-state index contributed by atoms with van der Waals surface area (Å²) in [7, 11) is 0. The summed E-state index contributed by atoms with van der Waals surface area (Å²) in [6, 6.07) is 11.1. The second-order valence-corrected chi connectivity index (χ2v) is 6.20. The molecule has 1 aromatic heterocycles. The zero-order valence-electron chi connectivity index (χ0n) is 14.7. The van der Waals surface area contributed by atoms with Crippen LogP contribution >= 0.6 is 0 Å². The first-order valence-corrected chi connectivity index (χ1v) is 8.01. The zero-order valence-corrected chi connectivity index (χ0v) is 14.7. The number of fused-ring (bicyclic) bond motifs is 1. The zero-order chi connectivity index (χ0) is 18.1. The van der Waals surface area contributed by atoms with Gasteiger partial charge >= 0.3 is 5.63 Å². The molecule has 2 aromatic carbocycles. The first kappa shape index (κ1) is 16.8. The smallest absolute Gasteiger partial charge is 0.336 e. The molecule has 2 N–H and O–H groups in total. The molecule has 0 aliphatic rings. The molecule has 0 radical (unpaired) electrons. The Bertz CT molecular complexity index is 1050. The highest BCUT2D eigenvalue weighted by atomic mass is 16.4. The average Bonchev–Trinajstić information content (AvgIpc) is 2.56. The van der Waals surface area contributed by atoms with E-state index in [-0.39, 0.29) is 5.75 Å². The third-order valence-electron chi connectivity index (χ3n) is 4.21. The second-order valence-electron chi connectivity index (χ2n) is 6.20. The van der Waals surface area contributed by atoms with Crippen LogP contribution in [0.2, 0.25) is 0 Å². The van der Waals surface area contributed by atoms with Crippen molar-refractivity contribution in [2.45, 2.75) is 27.7 Å². The van der Waals surface area contributed by atoms with Gasteiger partial charge < -0.3 is 9.52 Å². The number of rotatable bonds is 3. The Balaban J connectivity index is 2.07. The van der Waals surface area contributed by atoms with Crippen molar-refractivity contribution < 1.29 is 9.52 Å². The molecule has 0 spiro atoms. The lowest BCUT2D eigenvalue weighted by atomic mass is 10.00. The molecule has 5 heteroatoms. The Hall–Kier alpha value is -3.08. The minimum atomic E-state index is -0.424. The minimum absolute atomic E-state index is 0.0635. The summed E-state index contributed by atoms with van der Waals surface area (Å²) in [6.45, 7) is 7.40. The normalized spacial score (nSPS) is 11.8. The number of nitrogens with zero attached hydrogens (tertiary/aromatic N) is 1. The summed E-state index contributed by atoms with van der Waals surface area (Å²) >= 11 is 0.